The summed E-state index contributed by atoms with van der Waals surface area (Å²) in [5.74, 6) is -3.11. The number of carbonyl (C=O) groups excluding carboxylic acids is 2. The molecule has 2 amide bonds. The molecule has 11 heteroatoms. The fraction of sp³-hybridized carbons (Fsp3) is 0.429. The molecule has 2 heterocycles. The molecule has 1 saturated heterocycles. The van der Waals surface area contributed by atoms with E-state index in [2.05, 4.69) is 15.3 Å². The normalized spacial score (nSPS) is 17.8. The number of primary amides is 1. The molecule has 1 aromatic heterocycles. The molecule has 1 aliphatic heterocycles. The van der Waals surface area contributed by atoms with E-state index in [4.69, 9.17) is 15.2 Å². The average molecular weight is 447 g/mol. The summed E-state index contributed by atoms with van der Waals surface area (Å²) in [6.45, 7) is -0.591. The highest BCUT2D eigenvalue weighted by molar-refractivity contribution is 5.85. The van der Waals surface area contributed by atoms with Crippen LogP contribution in [0.4, 0.5) is 19.4 Å². The summed E-state index contributed by atoms with van der Waals surface area (Å²) >= 11 is 0. The number of nitrogens with two attached hydrogens (primary N) is 1. The minimum atomic E-state index is -2.78. The summed E-state index contributed by atoms with van der Waals surface area (Å²) in [5, 5.41) is 2.41. The number of anilines is 1. The van der Waals surface area contributed by atoms with Gasteiger partial charge in [0, 0.05) is 6.42 Å². The molecule has 32 heavy (non-hydrogen) atoms. The molecule has 0 radical (unpaired) electrons. The Morgan fingerprint density at radius 1 is 1.25 bits per heavy atom. The monoisotopic (exact) mass is 447 g/mol. The molecule has 0 bridgehead atoms. The lowest BCUT2D eigenvalue weighted by Gasteiger charge is -2.39. The van der Waals surface area contributed by atoms with E-state index < -0.39 is 37.1 Å². The summed E-state index contributed by atoms with van der Waals surface area (Å²) in [5.41, 5.74) is 6.21. The predicted molar refractivity (Wildman–Crippen MR) is 110 cm³/mol. The van der Waals surface area contributed by atoms with Gasteiger partial charge in [0.25, 0.3) is 11.8 Å². The first-order valence-corrected chi connectivity index (χ1v) is 10.2. The number of nitrogens with one attached hydrogen (secondary N) is 1. The van der Waals surface area contributed by atoms with Crippen LogP contribution in [-0.2, 0) is 11.2 Å². The third-order valence-corrected chi connectivity index (χ3v) is 5.11. The van der Waals surface area contributed by atoms with Crippen LogP contribution in [0.5, 0.6) is 11.8 Å². The zero-order valence-corrected chi connectivity index (χ0v) is 17.2. The van der Waals surface area contributed by atoms with Crippen LogP contribution in [0.25, 0.3) is 0 Å². The number of halogens is 2. The highest BCUT2D eigenvalue weighted by Gasteiger charge is 2.46. The SMILES string of the molecule is NC(=O)[C@H](Cc1ccccc1)NC(=O)Oc1cnc(N2CC(F)(F)C2)c(OCC2CC2)n1. The van der Waals surface area contributed by atoms with E-state index in [-0.39, 0.29) is 24.0 Å². The van der Waals surface area contributed by atoms with Gasteiger partial charge < -0.3 is 25.4 Å². The Morgan fingerprint density at radius 3 is 2.59 bits per heavy atom. The first-order valence-electron chi connectivity index (χ1n) is 10.2. The number of nitrogens with zero attached hydrogens (tertiary/aromatic N) is 3. The van der Waals surface area contributed by atoms with Crippen molar-refractivity contribution in [3.63, 3.8) is 0 Å². The maximum Gasteiger partial charge on any atom is 0.414 e. The molecule has 170 valence electrons. The van der Waals surface area contributed by atoms with Crippen LogP contribution >= 0.6 is 0 Å². The summed E-state index contributed by atoms with van der Waals surface area (Å²) in [6, 6.07) is 8.05. The Kier molecular flexibility index (Phi) is 6.06. The van der Waals surface area contributed by atoms with Gasteiger partial charge in [-0.25, -0.2) is 18.6 Å². The zero-order valence-electron chi connectivity index (χ0n) is 17.2. The van der Waals surface area contributed by atoms with Crippen molar-refractivity contribution in [2.75, 3.05) is 24.6 Å². The van der Waals surface area contributed by atoms with Crippen molar-refractivity contribution in [2.45, 2.75) is 31.2 Å². The van der Waals surface area contributed by atoms with Crippen molar-refractivity contribution >= 4 is 17.8 Å². The fourth-order valence-electron chi connectivity index (χ4n) is 3.20. The van der Waals surface area contributed by atoms with E-state index in [1.54, 1.807) is 24.3 Å². The molecule has 9 nitrogen and oxygen atoms in total. The number of amides is 2. The summed E-state index contributed by atoms with van der Waals surface area (Å²) in [4.78, 5) is 33.7. The molecule has 2 aromatic rings. The molecule has 1 atom stereocenters. The van der Waals surface area contributed by atoms with Gasteiger partial charge >= 0.3 is 6.09 Å². The largest absolute Gasteiger partial charge is 0.475 e. The van der Waals surface area contributed by atoms with Crippen molar-refractivity contribution in [2.24, 2.45) is 11.7 Å². The number of ether oxygens (including phenoxy) is 2. The first-order chi connectivity index (χ1) is 15.3. The van der Waals surface area contributed by atoms with Crippen molar-refractivity contribution in [3.05, 3.63) is 42.1 Å². The Labute approximate surface area is 182 Å². The smallest absolute Gasteiger partial charge is 0.414 e. The number of carbonyl (C=O) groups is 2. The molecule has 1 aromatic carbocycles. The summed E-state index contributed by atoms with van der Waals surface area (Å²) in [7, 11) is 0. The second-order valence-electron chi connectivity index (χ2n) is 7.98. The molecule has 4 rings (SSSR count). The van der Waals surface area contributed by atoms with E-state index in [9.17, 15) is 18.4 Å². The van der Waals surface area contributed by atoms with E-state index in [1.165, 1.54) is 4.90 Å². The minimum Gasteiger partial charge on any atom is -0.475 e. The van der Waals surface area contributed by atoms with E-state index in [0.29, 0.717) is 12.5 Å². The van der Waals surface area contributed by atoms with Crippen LogP contribution in [0.3, 0.4) is 0 Å². The molecular weight excluding hydrogens is 424 g/mol. The lowest BCUT2D eigenvalue weighted by molar-refractivity contribution is -0.119. The maximum atomic E-state index is 13.3. The number of rotatable bonds is 9. The lowest BCUT2D eigenvalue weighted by Crippen LogP contribution is -2.56. The van der Waals surface area contributed by atoms with Crippen LogP contribution in [0.2, 0.25) is 0 Å². The number of aromatic nitrogens is 2. The molecule has 2 aliphatic rings. The number of alkyl halides is 2. The Balaban J connectivity index is 1.42. The lowest BCUT2D eigenvalue weighted by atomic mass is 10.1. The number of hydrogen-bond donors (Lipinski definition) is 2. The maximum absolute atomic E-state index is 13.3. The van der Waals surface area contributed by atoms with Crippen molar-refractivity contribution in [1.29, 1.82) is 0 Å². The van der Waals surface area contributed by atoms with E-state index in [0.717, 1.165) is 24.6 Å². The van der Waals surface area contributed by atoms with Gasteiger partial charge in [0.2, 0.25) is 11.8 Å². The van der Waals surface area contributed by atoms with Crippen molar-refractivity contribution in [3.8, 4) is 11.8 Å². The van der Waals surface area contributed by atoms with Gasteiger partial charge in [-0.15, -0.1) is 0 Å². The Bertz CT molecular complexity index is 979. The van der Waals surface area contributed by atoms with E-state index in [1.807, 2.05) is 6.07 Å². The van der Waals surface area contributed by atoms with E-state index >= 15 is 0 Å². The Hall–Kier alpha value is -3.50. The Morgan fingerprint density at radius 2 is 1.97 bits per heavy atom. The van der Waals surface area contributed by atoms with Gasteiger partial charge in [-0.05, 0) is 24.3 Å². The fourth-order valence-corrected chi connectivity index (χ4v) is 3.20. The van der Waals surface area contributed by atoms with Gasteiger partial charge in [-0.1, -0.05) is 30.3 Å². The number of benzene rings is 1. The second kappa shape index (κ2) is 8.93. The first kappa shape index (κ1) is 21.7. The zero-order chi connectivity index (χ0) is 22.7. The van der Waals surface area contributed by atoms with Gasteiger partial charge in [0.15, 0.2) is 5.82 Å². The van der Waals surface area contributed by atoms with Crippen molar-refractivity contribution < 1.29 is 27.8 Å². The highest BCUT2D eigenvalue weighted by atomic mass is 19.3. The van der Waals surface area contributed by atoms with Crippen LogP contribution in [0.1, 0.15) is 18.4 Å². The van der Waals surface area contributed by atoms with Gasteiger partial charge in [-0.2, -0.15) is 4.98 Å². The molecule has 1 saturated carbocycles. The molecule has 1 aliphatic carbocycles. The van der Waals surface area contributed by atoms with Crippen molar-refractivity contribution in [1.82, 2.24) is 15.3 Å². The highest BCUT2D eigenvalue weighted by Crippen LogP contribution is 2.37. The predicted octanol–water partition coefficient (Wildman–Crippen LogP) is 1.91. The van der Waals surface area contributed by atoms with Crippen LogP contribution in [0, 0.1) is 5.92 Å². The number of hydrogen-bond acceptors (Lipinski definition) is 7. The molecular formula is C21H23F2N5O4. The topological polar surface area (TPSA) is 120 Å². The van der Waals surface area contributed by atoms with Crippen LogP contribution in [0.15, 0.2) is 36.5 Å². The minimum absolute atomic E-state index is 0.0217. The average Bonchev–Trinajstić information content (AvgIpc) is 3.55. The third kappa shape index (κ3) is 5.59. The van der Waals surface area contributed by atoms with Gasteiger partial charge in [0.1, 0.15) is 6.04 Å². The third-order valence-electron chi connectivity index (χ3n) is 5.11. The molecule has 2 fully saturated rings. The molecule has 0 spiro atoms. The van der Waals surface area contributed by atoms with Crippen LogP contribution < -0.4 is 25.4 Å². The summed E-state index contributed by atoms with van der Waals surface area (Å²) < 4.78 is 37.4. The standard InChI is InChI=1S/C21H23F2N5O4/c22-21(23)11-28(12-21)18-19(31-10-14-6-7-14)27-16(9-25-18)32-20(30)26-15(17(24)29)8-13-4-2-1-3-5-13/h1-5,9,14-15H,6-8,10-12H2,(H2,24,29)(H,26,30)/t15-/m0/s1. The second-order valence-corrected chi connectivity index (χ2v) is 7.98. The van der Waals surface area contributed by atoms with Gasteiger partial charge in [-0.3, -0.25) is 4.79 Å². The molecule has 0 unspecified atom stereocenters. The molecule has 3 N–H and O–H groups in total. The van der Waals surface area contributed by atoms with Crippen LogP contribution in [-0.4, -0.2) is 53.6 Å². The summed E-state index contributed by atoms with van der Waals surface area (Å²) in [6.07, 6.45) is 2.44. The quantitative estimate of drug-likeness (QED) is 0.603. The van der Waals surface area contributed by atoms with Gasteiger partial charge in [0.05, 0.1) is 25.9 Å².